The van der Waals surface area contributed by atoms with Gasteiger partial charge in [0.1, 0.15) is 6.10 Å². The third-order valence-corrected chi connectivity index (χ3v) is 2.52. The van der Waals surface area contributed by atoms with Crippen LogP contribution in [0.15, 0.2) is 12.2 Å². The van der Waals surface area contributed by atoms with Crippen molar-refractivity contribution in [3.05, 3.63) is 12.2 Å². The average Bonchev–Trinajstić information content (AvgIpc) is 2.18. The predicted molar refractivity (Wildman–Crippen MR) is 52.6 cm³/mol. The zero-order valence-electron chi connectivity index (χ0n) is 8.82. The summed E-state index contributed by atoms with van der Waals surface area (Å²) in [5, 5.41) is 0. The number of ether oxygens (including phenoxy) is 1. The maximum atomic E-state index is 11.4. The Bertz CT molecular complexity index is 268. The quantitative estimate of drug-likeness (QED) is 0.600. The van der Waals surface area contributed by atoms with E-state index in [1.807, 2.05) is 13.8 Å². The van der Waals surface area contributed by atoms with Gasteiger partial charge in [0.15, 0.2) is 5.78 Å². The van der Waals surface area contributed by atoms with Gasteiger partial charge in [-0.15, -0.1) is 0 Å². The van der Waals surface area contributed by atoms with E-state index in [1.54, 1.807) is 6.08 Å². The van der Waals surface area contributed by atoms with E-state index in [-0.39, 0.29) is 29.7 Å². The maximum absolute atomic E-state index is 11.4. The van der Waals surface area contributed by atoms with Gasteiger partial charge in [-0.1, -0.05) is 13.8 Å². The minimum absolute atomic E-state index is 0.0295. The number of ketones is 1. The molecule has 0 amide bonds. The van der Waals surface area contributed by atoms with Crippen LogP contribution in [-0.2, 0) is 14.3 Å². The second-order valence-corrected chi connectivity index (χ2v) is 3.95. The predicted octanol–water partition coefficient (Wildman–Crippen LogP) is 1.72. The summed E-state index contributed by atoms with van der Waals surface area (Å²) >= 11 is 0. The van der Waals surface area contributed by atoms with Crippen molar-refractivity contribution < 1.29 is 14.3 Å². The fourth-order valence-electron chi connectivity index (χ4n) is 1.70. The minimum Gasteiger partial charge on any atom is -0.458 e. The van der Waals surface area contributed by atoms with E-state index in [9.17, 15) is 9.59 Å². The number of carbonyl (C=O) groups excluding carboxylic acids is 2. The Morgan fingerprint density at radius 1 is 1.50 bits per heavy atom. The van der Waals surface area contributed by atoms with Crippen LogP contribution in [0.4, 0.5) is 0 Å². The molecule has 0 fully saturated rings. The number of esters is 1. The lowest BCUT2D eigenvalue weighted by molar-refractivity contribution is -0.146. The van der Waals surface area contributed by atoms with Crippen LogP contribution >= 0.6 is 0 Å². The van der Waals surface area contributed by atoms with Crippen LogP contribution in [0, 0.1) is 11.8 Å². The Hall–Kier alpha value is -1.12. The van der Waals surface area contributed by atoms with Crippen molar-refractivity contribution in [3.63, 3.8) is 0 Å². The normalized spacial score (nSPS) is 32.5. The fraction of sp³-hybridized carbons (Fsp3) is 0.636. The summed E-state index contributed by atoms with van der Waals surface area (Å²) < 4.78 is 5.10. The van der Waals surface area contributed by atoms with Crippen molar-refractivity contribution in [2.45, 2.75) is 33.3 Å². The van der Waals surface area contributed by atoms with Crippen molar-refractivity contribution in [1.82, 2.24) is 0 Å². The van der Waals surface area contributed by atoms with Crippen LogP contribution in [-0.4, -0.2) is 17.9 Å². The van der Waals surface area contributed by atoms with Gasteiger partial charge in [-0.05, 0) is 24.5 Å². The van der Waals surface area contributed by atoms with Crippen LogP contribution < -0.4 is 0 Å². The Labute approximate surface area is 84.1 Å². The van der Waals surface area contributed by atoms with Gasteiger partial charge in [0.2, 0.25) is 0 Å². The Kier molecular flexibility index (Phi) is 3.44. The third-order valence-electron chi connectivity index (χ3n) is 2.52. The van der Waals surface area contributed by atoms with Crippen LogP contribution in [0.5, 0.6) is 0 Å². The number of allylic oxidation sites excluding steroid dienone is 1. The van der Waals surface area contributed by atoms with Gasteiger partial charge in [-0.3, -0.25) is 9.59 Å². The number of carbonyl (C=O) groups is 2. The first-order chi connectivity index (χ1) is 6.50. The van der Waals surface area contributed by atoms with Gasteiger partial charge in [0.25, 0.3) is 0 Å². The van der Waals surface area contributed by atoms with Crippen LogP contribution in [0.25, 0.3) is 0 Å². The number of rotatable bonds is 1. The molecule has 3 atom stereocenters. The molecule has 0 saturated heterocycles. The molecule has 0 aromatic carbocycles. The van der Waals surface area contributed by atoms with E-state index in [2.05, 4.69) is 0 Å². The number of hydrogen-bond donors (Lipinski definition) is 0. The molecule has 0 heterocycles. The van der Waals surface area contributed by atoms with E-state index in [1.165, 1.54) is 13.0 Å². The van der Waals surface area contributed by atoms with Crippen molar-refractivity contribution in [3.8, 4) is 0 Å². The molecule has 78 valence electrons. The lowest BCUT2D eigenvalue weighted by atomic mass is 9.93. The summed E-state index contributed by atoms with van der Waals surface area (Å²) in [4.78, 5) is 22.2. The highest BCUT2D eigenvalue weighted by atomic mass is 16.5. The molecule has 3 nitrogen and oxygen atoms in total. The highest BCUT2D eigenvalue weighted by Gasteiger charge is 2.25. The van der Waals surface area contributed by atoms with Crippen LogP contribution in [0.2, 0.25) is 0 Å². The summed E-state index contributed by atoms with van der Waals surface area (Å²) in [6, 6.07) is 0. The summed E-state index contributed by atoms with van der Waals surface area (Å²) in [6.07, 6.45) is 3.74. The maximum Gasteiger partial charge on any atom is 0.303 e. The van der Waals surface area contributed by atoms with Crippen LogP contribution in [0.3, 0.4) is 0 Å². The molecule has 0 saturated carbocycles. The first-order valence-electron chi connectivity index (χ1n) is 4.90. The monoisotopic (exact) mass is 196 g/mol. The molecule has 0 N–H and O–H groups in total. The molecule has 3 heteroatoms. The molecule has 3 unspecified atom stereocenters. The summed E-state index contributed by atoms with van der Waals surface area (Å²) in [7, 11) is 0. The second kappa shape index (κ2) is 4.40. The van der Waals surface area contributed by atoms with Crippen LogP contribution in [0.1, 0.15) is 27.2 Å². The lowest BCUT2D eigenvalue weighted by Gasteiger charge is -2.19. The summed E-state index contributed by atoms with van der Waals surface area (Å²) in [6.45, 7) is 5.28. The van der Waals surface area contributed by atoms with Gasteiger partial charge in [-0.25, -0.2) is 0 Å². The van der Waals surface area contributed by atoms with Crippen molar-refractivity contribution in [2.75, 3.05) is 0 Å². The molecule has 0 bridgehead atoms. The topological polar surface area (TPSA) is 43.4 Å². The Balaban J connectivity index is 2.72. The van der Waals surface area contributed by atoms with Gasteiger partial charge in [0, 0.05) is 12.8 Å². The first-order valence-corrected chi connectivity index (χ1v) is 4.90. The van der Waals surface area contributed by atoms with Gasteiger partial charge >= 0.3 is 5.97 Å². The molecular weight excluding hydrogens is 180 g/mol. The minimum atomic E-state index is -0.298. The van der Waals surface area contributed by atoms with E-state index >= 15 is 0 Å². The summed E-state index contributed by atoms with van der Waals surface area (Å²) in [5.74, 6) is 0.0541. The molecule has 0 aliphatic heterocycles. The average molecular weight is 196 g/mol. The van der Waals surface area contributed by atoms with Crippen molar-refractivity contribution in [2.24, 2.45) is 11.8 Å². The molecule has 0 spiro atoms. The molecule has 1 aliphatic rings. The van der Waals surface area contributed by atoms with Crippen molar-refractivity contribution in [1.29, 1.82) is 0 Å². The number of hydrogen-bond acceptors (Lipinski definition) is 3. The van der Waals surface area contributed by atoms with E-state index in [0.29, 0.717) is 0 Å². The first kappa shape index (κ1) is 11.0. The molecule has 14 heavy (non-hydrogen) atoms. The highest BCUT2D eigenvalue weighted by molar-refractivity contribution is 5.91. The van der Waals surface area contributed by atoms with Crippen molar-refractivity contribution >= 4 is 11.8 Å². The SMILES string of the molecule is CC(=O)OC1C=CC(=O)C(C)CC1C. The van der Waals surface area contributed by atoms with E-state index < -0.39 is 0 Å². The van der Waals surface area contributed by atoms with E-state index in [0.717, 1.165) is 6.42 Å². The molecule has 0 aromatic rings. The highest BCUT2D eigenvalue weighted by Crippen LogP contribution is 2.23. The molecular formula is C11H16O3. The molecule has 1 aliphatic carbocycles. The fourth-order valence-corrected chi connectivity index (χ4v) is 1.70. The van der Waals surface area contributed by atoms with Gasteiger partial charge < -0.3 is 4.74 Å². The molecule has 0 aromatic heterocycles. The Morgan fingerprint density at radius 2 is 2.14 bits per heavy atom. The van der Waals surface area contributed by atoms with Gasteiger partial charge in [0.05, 0.1) is 0 Å². The van der Waals surface area contributed by atoms with Gasteiger partial charge in [-0.2, -0.15) is 0 Å². The smallest absolute Gasteiger partial charge is 0.303 e. The standard InChI is InChI=1S/C11H16O3/c1-7-6-8(2)11(14-9(3)12)5-4-10(7)13/h4-5,7-8,11H,6H2,1-3H3. The lowest BCUT2D eigenvalue weighted by Crippen LogP contribution is -2.22. The second-order valence-electron chi connectivity index (χ2n) is 3.95. The van der Waals surface area contributed by atoms with E-state index in [4.69, 9.17) is 4.74 Å². The zero-order chi connectivity index (χ0) is 10.7. The zero-order valence-corrected chi connectivity index (χ0v) is 8.82. The largest absolute Gasteiger partial charge is 0.458 e. The molecule has 1 rings (SSSR count). The molecule has 0 radical (unpaired) electrons. The summed E-state index contributed by atoms with van der Waals surface area (Å²) in [5.41, 5.74) is 0. The Morgan fingerprint density at radius 3 is 2.71 bits per heavy atom. The third kappa shape index (κ3) is 2.69.